The first-order valence-corrected chi connectivity index (χ1v) is 8.65. The average Bonchev–Trinajstić information content (AvgIpc) is 2.62. The minimum absolute atomic E-state index is 0.226. The molecule has 1 aliphatic carbocycles. The first kappa shape index (κ1) is 17.3. The number of benzene rings is 2. The predicted octanol–water partition coefficient (Wildman–Crippen LogP) is 3.13. The maximum atomic E-state index is 12.1. The Labute approximate surface area is 148 Å². The molecule has 2 amide bonds. The summed E-state index contributed by atoms with van der Waals surface area (Å²) in [4.78, 5) is 12.1. The summed E-state index contributed by atoms with van der Waals surface area (Å²) in [5.74, 6) is 0.767. The largest absolute Gasteiger partial charge is 0.494 e. The number of hydrogen-bond acceptors (Lipinski definition) is 3. The highest BCUT2D eigenvalue weighted by Crippen LogP contribution is 2.28. The number of aliphatic hydroxyl groups is 1. The van der Waals surface area contributed by atoms with E-state index >= 15 is 0 Å². The topological polar surface area (TPSA) is 70.6 Å². The highest BCUT2D eigenvalue weighted by atomic mass is 16.5. The Morgan fingerprint density at radius 3 is 2.60 bits per heavy atom. The quantitative estimate of drug-likeness (QED) is 0.783. The summed E-state index contributed by atoms with van der Waals surface area (Å²) in [6.07, 6.45) is 2.04. The second-order valence-electron chi connectivity index (χ2n) is 6.43. The van der Waals surface area contributed by atoms with Crippen LogP contribution in [0.15, 0.2) is 48.5 Å². The number of aryl methyl sites for hydroxylation is 1. The smallest absolute Gasteiger partial charge is 0.319 e. The number of hydrogen-bond donors (Lipinski definition) is 3. The van der Waals surface area contributed by atoms with Gasteiger partial charge in [-0.2, -0.15) is 0 Å². The standard InChI is InChI=1S/C20H24N2O3/c1-2-25-18-9-7-17(8-10-18)22-19(23)21-14-20(24)12-11-15-5-3-4-6-16(15)13-20/h3-10,24H,2,11-14H2,1H3,(H2,21,22,23). The molecule has 1 aliphatic rings. The highest BCUT2D eigenvalue weighted by Gasteiger charge is 2.32. The van der Waals surface area contributed by atoms with E-state index in [-0.39, 0.29) is 12.6 Å². The summed E-state index contributed by atoms with van der Waals surface area (Å²) in [5, 5.41) is 16.3. The van der Waals surface area contributed by atoms with Gasteiger partial charge < -0.3 is 20.5 Å². The fourth-order valence-electron chi connectivity index (χ4n) is 3.16. The molecular weight excluding hydrogens is 316 g/mol. The average molecular weight is 340 g/mol. The molecule has 0 radical (unpaired) electrons. The van der Waals surface area contributed by atoms with Crippen LogP contribution in [-0.4, -0.2) is 29.9 Å². The zero-order chi connectivity index (χ0) is 17.7. The molecule has 1 unspecified atom stereocenters. The molecule has 132 valence electrons. The molecular formula is C20H24N2O3. The van der Waals surface area contributed by atoms with Gasteiger partial charge in [0.05, 0.1) is 12.2 Å². The van der Waals surface area contributed by atoms with Crippen LogP contribution in [0.5, 0.6) is 5.75 Å². The van der Waals surface area contributed by atoms with Crippen molar-refractivity contribution >= 4 is 11.7 Å². The molecule has 25 heavy (non-hydrogen) atoms. The van der Waals surface area contributed by atoms with Crippen molar-refractivity contribution in [2.75, 3.05) is 18.5 Å². The fourth-order valence-corrected chi connectivity index (χ4v) is 3.16. The van der Waals surface area contributed by atoms with Crippen LogP contribution in [0.1, 0.15) is 24.5 Å². The molecule has 2 aromatic rings. The molecule has 5 nitrogen and oxygen atoms in total. The van der Waals surface area contributed by atoms with Crippen LogP contribution < -0.4 is 15.4 Å². The van der Waals surface area contributed by atoms with Gasteiger partial charge in [-0.15, -0.1) is 0 Å². The van der Waals surface area contributed by atoms with Crippen LogP contribution in [0.3, 0.4) is 0 Å². The summed E-state index contributed by atoms with van der Waals surface area (Å²) >= 11 is 0. The third-order valence-corrected chi connectivity index (χ3v) is 4.50. The number of carbonyl (C=O) groups is 1. The van der Waals surface area contributed by atoms with E-state index in [4.69, 9.17) is 4.74 Å². The number of ether oxygens (including phenoxy) is 1. The first-order chi connectivity index (χ1) is 12.1. The van der Waals surface area contributed by atoms with E-state index in [9.17, 15) is 9.90 Å². The monoisotopic (exact) mass is 340 g/mol. The molecule has 2 aromatic carbocycles. The van der Waals surface area contributed by atoms with Crippen molar-refractivity contribution in [1.29, 1.82) is 0 Å². The Morgan fingerprint density at radius 2 is 1.88 bits per heavy atom. The fraction of sp³-hybridized carbons (Fsp3) is 0.350. The minimum atomic E-state index is -0.898. The third-order valence-electron chi connectivity index (χ3n) is 4.50. The van der Waals surface area contributed by atoms with Crippen molar-refractivity contribution in [3.63, 3.8) is 0 Å². The van der Waals surface area contributed by atoms with Gasteiger partial charge in [0.2, 0.25) is 0 Å². The van der Waals surface area contributed by atoms with Crippen molar-refractivity contribution < 1.29 is 14.6 Å². The Hall–Kier alpha value is -2.53. The number of amides is 2. The van der Waals surface area contributed by atoms with Gasteiger partial charge in [0.15, 0.2) is 0 Å². The van der Waals surface area contributed by atoms with Gasteiger partial charge in [-0.3, -0.25) is 0 Å². The molecule has 0 bridgehead atoms. The predicted molar refractivity (Wildman–Crippen MR) is 98.0 cm³/mol. The molecule has 0 heterocycles. The van der Waals surface area contributed by atoms with Crippen LogP contribution in [0.2, 0.25) is 0 Å². The summed E-state index contributed by atoms with van der Waals surface area (Å²) < 4.78 is 5.37. The number of rotatable bonds is 5. The van der Waals surface area contributed by atoms with Gasteiger partial charge in [-0.1, -0.05) is 24.3 Å². The molecule has 0 aliphatic heterocycles. The van der Waals surface area contributed by atoms with Crippen molar-refractivity contribution in [2.45, 2.75) is 31.8 Å². The Balaban J connectivity index is 1.52. The number of carbonyl (C=O) groups excluding carboxylic acids is 1. The van der Waals surface area contributed by atoms with E-state index in [1.165, 1.54) is 5.56 Å². The normalized spacial score (nSPS) is 19.0. The van der Waals surface area contributed by atoms with E-state index in [2.05, 4.69) is 16.7 Å². The van der Waals surface area contributed by atoms with Gasteiger partial charge in [-0.05, 0) is 55.2 Å². The van der Waals surface area contributed by atoms with Gasteiger partial charge >= 0.3 is 6.03 Å². The van der Waals surface area contributed by atoms with E-state index < -0.39 is 5.60 Å². The Kier molecular flexibility index (Phi) is 5.24. The molecule has 0 fully saturated rings. The van der Waals surface area contributed by atoms with Crippen molar-refractivity contribution in [1.82, 2.24) is 5.32 Å². The Bertz CT molecular complexity index is 730. The zero-order valence-electron chi connectivity index (χ0n) is 14.4. The highest BCUT2D eigenvalue weighted by molar-refractivity contribution is 5.89. The lowest BCUT2D eigenvalue weighted by atomic mass is 9.80. The van der Waals surface area contributed by atoms with Gasteiger partial charge in [0.1, 0.15) is 5.75 Å². The van der Waals surface area contributed by atoms with Gasteiger partial charge in [-0.25, -0.2) is 4.79 Å². The molecule has 3 N–H and O–H groups in total. The summed E-state index contributed by atoms with van der Waals surface area (Å²) in [5.41, 5.74) is 2.22. The molecule has 3 rings (SSSR count). The molecule has 0 saturated carbocycles. The lowest BCUT2D eigenvalue weighted by molar-refractivity contribution is 0.0295. The van der Waals surface area contributed by atoms with Crippen molar-refractivity contribution in [3.05, 3.63) is 59.7 Å². The summed E-state index contributed by atoms with van der Waals surface area (Å²) in [6.45, 7) is 2.76. The summed E-state index contributed by atoms with van der Waals surface area (Å²) in [7, 11) is 0. The molecule has 0 saturated heterocycles. The Morgan fingerprint density at radius 1 is 1.16 bits per heavy atom. The number of anilines is 1. The van der Waals surface area contributed by atoms with Crippen LogP contribution in [0.4, 0.5) is 10.5 Å². The number of fused-ring (bicyclic) bond motifs is 1. The van der Waals surface area contributed by atoms with E-state index in [0.29, 0.717) is 25.1 Å². The van der Waals surface area contributed by atoms with Crippen molar-refractivity contribution in [2.24, 2.45) is 0 Å². The molecule has 0 aromatic heterocycles. The van der Waals surface area contributed by atoms with E-state index in [0.717, 1.165) is 17.7 Å². The lowest BCUT2D eigenvalue weighted by Crippen LogP contribution is -2.47. The minimum Gasteiger partial charge on any atom is -0.494 e. The second kappa shape index (κ2) is 7.57. The van der Waals surface area contributed by atoms with Crippen LogP contribution in [0, 0.1) is 0 Å². The SMILES string of the molecule is CCOc1ccc(NC(=O)NCC2(O)CCc3ccccc3C2)cc1. The maximum absolute atomic E-state index is 12.1. The van der Waals surface area contributed by atoms with Crippen LogP contribution in [-0.2, 0) is 12.8 Å². The zero-order valence-corrected chi connectivity index (χ0v) is 14.4. The second-order valence-corrected chi connectivity index (χ2v) is 6.43. The molecule has 5 heteroatoms. The van der Waals surface area contributed by atoms with Gasteiger partial charge in [0, 0.05) is 18.7 Å². The first-order valence-electron chi connectivity index (χ1n) is 8.65. The van der Waals surface area contributed by atoms with E-state index in [1.807, 2.05) is 37.3 Å². The number of urea groups is 1. The maximum Gasteiger partial charge on any atom is 0.319 e. The van der Waals surface area contributed by atoms with E-state index in [1.54, 1.807) is 12.1 Å². The van der Waals surface area contributed by atoms with Gasteiger partial charge in [0.25, 0.3) is 0 Å². The molecule has 1 atom stereocenters. The summed E-state index contributed by atoms with van der Waals surface area (Å²) in [6, 6.07) is 15.0. The van der Waals surface area contributed by atoms with Crippen LogP contribution in [0.25, 0.3) is 0 Å². The molecule has 0 spiro atoms. The lowest BCUT2D eigenvalue weighted by Gasteiger charge is -2.33. The third kappa shape index (κ3) is 4.51. The van der Waals surface area contributed by atoms with Crippen LogP contribution >= 0.6 is 0 Å². The number of nitrogens with one attached hydrogen (secondary N) is 2. The van der Waals surface area contributed by atoms with Crippen molar-refractivity contribution in [3.8, 4) is 5.75 Å².